The molecule has 0 fully saturated rings. The molecule has 0 saturated carbocycles. The summed E-state index contributed by atoms with van der Waals surface area (Å²) in [5.74, 6) is 13.6. The molecule has 0 radical (unpaired) electrons. The van der Waals surface area contributed by atoms with Crippen molar-refractivity contribution >= 4 is 43.1 Å². The molecule has 2 aliphatic rings. The summed E-state index contributed by atoms with van der Waals surface area (Å²) < 4.78 is 0. The highest BCUT2D eigenvalue weighted by Gasteiger charge is 2.32. The van der Waals surface area contributed by atoms with Crippen LogP contribution in [0.15, 0.2) is 46.6 Å². The van der Waals surface area contributed by atoms with Gasteiger partial charge in [0.1, 0.15) is 0 Å². The van der Waals surface area contributed by atoms with Gasteiger partial charge in [-0.3, -0.25) is 0 Å². The van der Waals surface area contributed by atoms with Crippen LogP contribution in [0.4, 0.5) is 0 Å². The van der Waals surface area contributed by atoms with Crippen molar-refractivity contribution in [2.24, 2.45) is 0 Å². The zero-order chi connectivity index (χ0) is 52.7. The van der Waals surface area contributed by atoms with Gasteiger partial charge in [-0.05, 0) is 277 Å². The van der Waals surface area contributed by atoms with Gasteiger partial charge in [-0.2, -0.15) is 0 Å². The van der Waals surface area contributed by atoms with Gasteiger partial charge < -0.3 is 0 Å². The number of rotatable bonds is 16. The maximum Gasteiger partial charge on any atom is 0.0346 e. The Balaban J connectivity index is 0.000000214. The Morgan fingerprint density at radius 1 is 0.247 bits per heavy atom. The molecule has 2 aliphatic carbocycles. The molecule has 386 valence electrons. The van der Waals surface area contributed by atoms with Gasteiger partial charge in [0.2, 0.25) is 0 Å². The summed E-state index contributed by atoms with van der Waals surface area (Å²) in [7, 11) is 0. The summed E-state index contributed by atoms with van der Waals surface area (Å²) in [5, 5.41) is 12.0. The smallest absolute Gasteiger partial charge is 0.0346 e. The van der Waals surface area contributed by atoms with Crippen molar-refractivity contribution in [3.8, 4) is 23.7 Å². The highest BCUT2D eigenvalue weighted by molar-refractivity contribution is 6.07. The molecule has 0 nitrogen and oxygen atoms in total. The number of fused-ring (bicyclic) bond motifs is 6. The lowest BCUT2D eigenvalue weighted by atomic mass is 9.75. The molecule has 0 heteroatoms. The van der Waals surface area contributed by atoms with E-state index in [9.17, 15) is 0 Å². The topological polar surface area (TPSA) is 0 Å². The third-order valence-corrected chi connectivity index (χ3v) is 17.9. The van der Waals surface area contributed by atoms with Gasteiger partial charge in [-0.15, -0.1) is 11.8 Å². The van der Waals surface area contributed by atoms with Crippen LogP contribution in [-0.2, 0) is 103 Å². The van der Waals surface area contributed by atoms with Crippen LogP contribution >= 0.6 is 0 Å². The van der Waals surface area contributed by atoms with Crippen LogP contribution < -0.4 is 0 Å². The fourth-order valence-electron chi connectivity index (χ4n) is 14.7. The van der Waals surface area contributed by atoms with Crippen LogP contribution in [-0.4, -0.2) is 0 Å². The first-order chi connectivity index (χ1) is 35.6. The lowest BCUT2D eigenvalue weighted by Gasteiger charge is -2.29. The predicted molar refractivity (Wildman–Crippen MR) is 326 cm³/mol. The minimum absolute atomic E-state index is 0.830. The zero-order valence-corrected chi connectivity index (χ0v) is 49.2. The summed E-state index contributed by atoms with van der Waals surface area (Å²) >= 11 is 0. The van der Waals surface area contributed by atoms with Crippen LogP contribution in [0.5, 0.6) is 0 Å². The number of hydrogen-bond donors (Lipinski definition) is 0. The van der Waals surface area contributed by atoms with E-state index in [1.807, 2.05) is 0 Å². The SMILES string of the molecule is CCC#CCc1c(CC#CCC)c(CC)c2cc3c(CC)c(CC)c(CC)c(CC)c3cc2c1CC.CCC1=C2Cc3c(c(CC)c4cc5c(CC)c(CC)c(CC)c(CC)c5cc4c3CC)CC2=C(CC)C1. The summed E-state index contributed by atoms with van der Waals surface area (Å²) in [4.78, 5) is 0. The largest absolute Gasteiger partial charge is 0.103 e. The fraction of sp³-hybridized carbons (Fsp3) is 0.507. The van der Waals surface area contributed by atoms with E-state index in [4.69, 9.17) is 0 Å². The lowest BCUT2D eigenvalue weighted by molar-refractivity contribution is 0.911. The number of benzene rings is 6. The minimum atomic E-state index is 0.830. The Kier molecular flexibility index (Phi) is 19.1. The van der Waals surface area contributed by atoms with E-state index < -0.39 is 0 Å². The first kappa shape index (κ1) is 55.7. The second-order valence-corrected chi connectivity index (χ2v) is 21.0. The predicted octanol–water partition coefficient (Wildman–Crippen LogP) is 19.6. The first-order valence-corrected chi connectivity index (χ1v) is 30.1. The van der Waals surface area contributed by atoms with Crippen molar-refractivity contribution < 1.29 is 0 Å². The Bertz CT molecular complexity index is 3040. The van der Waals surface area contributed by atoms with Gasteiger partial charge in [-0.25, -0.2) is 0 Å². The zero-order valence-electron chi connectivity index (χ0n) is 49.2. The summed E-state index contributed by atoms with van der Waals surface area (Å²) in [5.41, 5.74) is 32.2. The average Bonchev–Trinajstić information content (AvgIpc) is 3.78. The molecule has 0 aromatic heterocycles. The Labute approximate surface area is 445 Å². The fourth-order valence-corrected chi connectivity index (χ4v) is 14.7. The van der Waals surface area contributed by atoms with Crippen LogP contribution in [0, 0.1) is 23.7 Å². The Morgan fingerprint density at radius 2 is 0.479 bits per heavy atom. The van der Waals surface area contributed by atoms with E-state index in [-0.39, 0.29) is 0 Å². The third-order valence-electron chi connectivity index (χ3n) is 17.9. The molecule has 0 spiro atoms. The van der Waals surface area contributed by atoms with Crippen LogP contribution in [0.25, 0.3) is 43.1 Å². The maximum atomic E-state index is 3.49. The molecule has 0 unspecified atom stereocenters. The van der Waals surface area contributed by atoms with E-state index in [2.05, 4.69) is 159 Å². The van der Waals surface area contributed by atoms with Crippen molar-refractivity contribution in [3.05, 3.63) is 136 Å². The van der Waals surface area contributed by atoms with Gasteiger partial charge in [0.15, 0.2) is 0 Å². The molecule has 0 bridgehead atoms. The van der Waals surface area contributed by atoms with Gasteiger partial charge in [-0.1, -0.05) is 134 Å². The molecule has 0 N–H and O–H groups in total. The number of hydrogen-bond acceptors (Lipinski definition) is 0. The molecule has 6 aromatic carbocycles. The molecule has 0 atom stereocenters. The molecule has 0 amide bonds. The van der Waals surface area contributed by atoms with Crippen LogP contribution in [0.1, 0.15) is 232 Å². The van der Waals surface area contributed by atoms with Crippen molar-refractivity contribution in [2.45, 2.75) is 246 Å². The molecular weight excluding hydrogens is 877 g/mol. The Morgan fingerprint density at radius 3 is 0.699 bits per heavy atom. The number of allylic oxidation sites excluding steroid dienone is 4. The van der Waals surface area contributed by atoms with Gasteiger partial charge in [0, 0.05) is 25.7 Å². The number of aryl methyl sites for hydroxylation is 8. The second kappa shape index (κ2) is 25.0. The van der Waals surface area contributed by atoms with E-state index in [1.165, 1.54) is 73.8 Å². The Hall–Kier alpha value is -5.04. The van der Waals surface area contributed by atoms with E-state index in [1.54, 1.807) is 99.8 Å². The second-order valence-electron chi connectivity index (χ2n) is 21.0. The molecule has 0 aliphatic heterocycles. The van der Waals surface area contributed by atoms with E-state index in [0.29, 0.717) is 0 Å². The quantitative estimate of drug-likeness (QED) is 0.0670. The van der Waals surface area contributed by atoms with Gasteiger partial charge in [0.05, 0.1) is 0 Å². The first-order valence-electron chi connectivity index (χ1n) is 30.1. The van der Waals surface area contributed by atoms with Crippen molar-refractivity contribution in [1.29, 1.82) is 0 Å². The molecular formula is C73H94. The highest BCUT2D eigenvalue weighted by Crippen LogP contribution is 2.48. The van der Waals surface area contributed by atoms with E-state index in [0.717, 1.165) is 116 Å². The lowest BCUT2D eigenvalue weighted by Crippen LogP contribution is -2.15. The summed E-state index contributed by atoms with van der Waals surface area (Å²) in [6.45, 7) is 37.2. The maximum absolute atomic E-state index is 3.49. The van der Waals surface area contributed by atoms with Gasteiger partial charge >= 0.3 is 0 Å². The normalized spacial score (nSPS) is 13.2. The monoisotopic (exact) mass is 971 g/mol. The molecule has 0 saturated heterocycles. The van der Waals surface area contributed by atoms with Crippen molar-refractivity contribution in [3.63, 3.8) is 0 Å². The third kappa shape index (κ3) is 9.90. The van der Waals surface area contributed by atoms with Crippen LogP contribution in [0.2, 0.25) is 0 Å². The minimum Gasteiger partial charge on any atom is -0.103 e. The average molecular weight is 972 g/mol. The summed E-state index contributed by atoms with van der Waals surface area (Å²) in [6, 6.07) is 10.4. The van der Waals surface area contributed by atoms with Crippen molar-refractivity contribution in [1.82, 2.24) is 0 Å². The standard InChI is InChI=1S/C37H48.C36H46/c1-9-22-17-23(10-2)31-19-33-29(16-8)37-21-35-27(14-6)25(12-4)24(11-3)26(13-5)34(35)20-36(37)28(15-7)32(33)18-30(22)31;1-9-17-19-21-31-29(15-7)35-23-33-27(13-5)25(11-3)26(12-4)28(14-6)34(33)24-36(35)30(16-8)32(31)22-20-18-10-2/h20-21H,9-19H2,1-8H3;23-24H,9-16,21-22H2,1-8H3. The molecule has 73 heavy (non-hydrogen) atoms. The summed E-state index contributed by atoms with van der Waals surface area (Å²) in [6.07, 6.45) is 22.7. The van der Waals surface area contributed by atoms with Crippen LogP contribution in [0.3, 0.4) is 0 Å². The highest BCUT2D eigenvalue weighted by atomic mass is 14.4. The van der Waals surface area contributed by atoms with E-state index >= 15 is 0 Å². The molecule has 6 aromatic rings. The van der Waals surface area contributed by atoms with Crippen molar-refractivity contribution in [2.75, 3.05) is 0 Å². The molecule has 0 heterocycles. The molecule has 8 rings (SSSR count). The van der Waals surface area contributed by atoms with Gasteiger partial charge in [0.25, 0.3) is 0 Å².